The fourth-order valence-electron chi connectivity index (χ4n) is 2.47. The molecule has 0 aliphatic rings. The molecule has 0 aliphatic carbocycles. The van der Waals surface area contributed by atoms with Crippen molar-refractivity contribution in [3.8, 4) is 5.75 Å². The minimum absolute atomic E-state index is 0.136. The van der Waals surface area contributed by atoms with E-state index in [0.29, 0.717) is 11.4 Å². The minimum atomic E-state index is -3.71. The Hall–Kier alpha value is -2.21. The van der Waals surface area contributed by atoms with E-state index in [-0.39, 0.29) is 4.90 Å². The largest absolute Gasteiger partial charge is 0.495 e. The normalized spacial score (nSPS) is 11.2. The topological polar surface area (TPSA) is 67.4 Å². The van der Waals surface area contributed by atoms with Gasteiger partial charge in [-0.15, -0.1) is 0 Å². The lowest BCUT2D eigenvalue weighted by atomic mass is 10.2. The number of nitrogens with one attached hydrogen (secondary N) is 2. The first-order valence-corrected chi connectivity index (χ1v) is 9.96. The lowest BCUT2D eigenvalue weighted by molar-refractivity contribution is 0.402. The van der Waals surface area contributed by atoms with Crippen LogP contribution in [-0.4, -0.2) is 22.1 Å². The van der Waals surface area contributed by atoms with Crippen LogP contribution in [0.3, 0.4) is 0 Å². The summed E-state index contributed by atoms with van der Waals surface area (Å²) in [4.78, 5) is 0.136. The van der Waals surface area contributed by atoms with Gasteiger partial charge in [-0.25, -0.2) is 8.42 Å². The van der Waals surface area contributed by atoms with E-state index in [4.69, 9.17) is 4.74 Å². The molecule has 0 heterocycles. The Balaban J connectivity index is 2.09. The molecule has 6 heteroatoms. The van der Waals surface area contributed by atoms with Crippen LogP contribution in [0.2, 0.25) is 0 Å². The molecule has 0 unspecified atom stereocenters. The van der Waals surface area contributed by atoms with Gasteiger partial charge < -0.3 is 10.1 Å². The first-order valence-electron chi connectivity index (χ1n) is 8.47. The summed E-state index contributed by atoms with van der Waals surface area (Å²) in [6, 6.07) is 12.3. The Morgan fingerprint density at radius 2 is 1.68 bits per heavy atom. The monoisotopic (exact) mass is 362 g/mol. The van der Waals surface area contributed by atoms with E-state index in [1.165, 1.54) is 20.0 Å². The maximum atomic E-state index is 12.7. The van der Waals surface area contributed by atoms with Gasteiger partial charge in [0.2, 0.25) is 0 Å². The summed E-state index contributed by atoms with van der Waals surface area (Å²) in [7, 11) is -2.25. The van der Waals surface area contributed by atoms with Crippen molar-refractivity contribution in [1.82, 2.24) is 0 Å². The fraction of sp³-hybridized carbons (Fsp3) is 0.368. The Morgan fingerprint density at radius 3 is 2.32 bits per heavy atom. The molecule has 0 amide bonds. The standard InChI is InChI=1S/C19H26N2O3S/c1-4-5-6-13-20-16-8-10-17(11-9-16)21-25(22,23)19-14-15(2)7-12-18(19)24-3/h7-12,14,20-21H,4-6,13H2,1-3H3. The summed E-state index contributed by atoms with van der Waals surface area (Å²) >= 11 is 0. The van der Waals surface area contributed by atoms with Crippen LogP contribution >= 0.6 is 0 Å². The van der Waals surface area contributed by atoms with Crippen molar-refractivity contribution < 1.29 is 13.2 Å². The van der Waals surface area contributed by atoms with Gasteiger partial charge in [-0.1, -0.05) is 25.8 Å². The maximum Gasteiger partial charge on any atom is 0.265 e. The third kappa shape index (κ3) is 5.39. The van der Waals surface area contributed by atoms with E-state index < -0.39 is 10.0 Å². The molecule has 2 aromatic rings. The van der Waals surface area contributed by atoms with E-state index in [2.05, 4.69) is 17.0 Å². The molecule has 0 saturated carbocycles. The van der Waals surface area contributed by atoms with Crippen molar-refractivity contribution in [1.29, 1.82) is 0 Å². The third-order valence-electron chi connectivity index (χ3n) is 3.86. The van der Waals surface area contributed by atoms with Crippen molar-refractivity contribution in [2.24, 2.45) is 0 Å². The smallest absolute Gasteiger partial charge is 0.265 e. The summed E-state index contributed by atoms with van der Waals surface area (Å²) in [5, 5.41) is 3.33. The highest BCUT2D eigenvalue weighted by molar-refractivity contribution is 7.92. The van der Waals surface area contributed by atoms with Crippen LogP contribution in [0.1, 0.15) is 31.7 Å². The predicted molar refractivity (Wildman–Crippen MR) is 103 cm³/mol. The van der Waals surface area contributed by atoms with Crippen molar-refractivity contribution >= 4 is 21.4 Å². The number of rotatable bonds is 9. The van der Waals surface area contributed by atoms with Gasteiger partial charge in [0.1, 0.15) is 10.6 Å². The molecule has 0 fully saturated rings. The van der Waals surface area contributed by atoms with E-state index >= 15 is 0 Å². The third-order valence-corrected chi connectivity index (χ3v) is 5.26. The van der Waals surface area contributed by atoms with Gasteiger partial charge in [-0.2, -0.15) is 0 Å². The van der Waals surface area contributed by atoms with E-state index in [9.17, 15) is 8.42 Å². The SMILES string of the molecule is CCCCCNc1ccc(NS(=O)(=O)c2cc(C)ccc2OC)cc1. The number of anilines is 2. The van der Waals surface area contributed by atoms with Gasteiger partial charge in [0.15, 0.2) is 0 Å². The maximum absolute atomic E-state index is 12.7. The number of unbranched alkanes of at least 4 members (excludes halogenated alkanes) is 2. The van der Waals surface area contributed by atoms with Gasteiger partial charge in [0.05, 0.1) is 7.11 Å². The zero-order valence-corrected chi connectivity index (χ0v) is 15.8. The summed E-state index contributed by atoms with van der Waals surface area (Å²) < 4.78 is 33.1. The van der Waals surface area contributed by atoms with Gasteiger partial charge in [-0.05, 0) is 55.3 Å². The zero-order valence-electron chi connectivity index (χ0n) is 15.0. The lowest BCUT2D eigenvalue weighted by Crippen LogP contribution is -2.14. The summed E-state index contributed by atoms with van der Waals surface area (Å²) in [6.45, 7) is 4.93. The van der Waals surface area contributed by atoms with Crippen LogP contribution in [0.5, 0.6) is 5.75 Å². The van der Waals surface area contributed by atoms with Gasteiger partial charge in [0.25, 0.3) is 10.0 Å². The summed E-state index contributed by atoms with van der Waals surface area (Å²) in [6.07, 6.45) is 3.51. The molecule has 2 N–H and O–H groups in total. The first-order chi connectivity index (χ1) is 12.0. The first kappa shape index (κ1) is 19.1. The van der Waals surface area contributed by atoms with Crippen LogP contribution in [0.4, 0.5) is 11.4 Å². The molecule has 0 aromatic heterocycles. The Labute approximate surface area is 150 Å². The summed E-state index contributed by atoms with van der Waals surface area (Å²) in [5.41, 5.74) is 2.35. The average molecular weight is 362 g/mol. The molecule has 0 radical (unpaired) electrons. The van der Waals surface area contributed by atoms with Crippen LogP contribution < -0.4 is 14.8 Å². The fourth-order valence-corrected chi connectivity index (χ4v) is 3.78. The number of hydrogen-bond donors (Lipinski definition) is 2. The number of aryl methyl sites for hydroxylation is 1. The molecule has 0 saturated heterocycles. The summed E-state index contributed by atoms with van der Waals surface area (Å²) in [5.74, 6) is 0.326. The zero-order chi connectivity index (χ0) is 18.3. The molecule has 0 spiro atoms. The number of methoxy groups -OCH3 is 1. The average Bonchev–Trinajstić information content (AvgIpc) is 2.60. The van der Waals surface area contributed by atoms with Crippen molar-refractivity contribution in [2.75, 3.05) is 23.7 Å². The van der Waals surface area contributed by atoms with Crippen molar-refractivity contribution in [2.45, 2.75) is 38.0 Å². The molecule has 0 aliphatic heterocycles. The number of benzene rings is 2. The van der Waals surface area contributed by atoms with E-state index in [1.54, 1.807) is 24.3 Å². The predicted octanol–water partition coefficient (Wildman–Crippen LogP) is 4.41. The van der Waals surface area contributed by atoms with E-state index in [0.717, 1.165) is 24.2 Å². The van der Waals surface area contributed by atoms with Crippen LogP contribution in [0.25, 0.3) is 0 Å². The molecule has 0 bridgehead atoms. The molecular weight excluding hydrogens is 336 g/mol. The molecule has 2 rings (SSSR count). The Bertz CT molecular complexity index is 787. The number of sulfonamides is 1. The lowest BCUT2D eigenvalue weighted by Gasteiger charge is -2.13. The van der Waals surface area contributed by atoms with Crippen molar-refractivity contribution in [3.63, 3.8) is 0 Å². The molecule has 136 valence electrons. The quantitative estimate of drug-likeness (QED) is 0.649. The minimum Gasteiger partial charge on any atom is -0.495 e. The Morgan fingerprint density at radius 1 is 1.00 bits per heavy atom. The molecule has 5 nitrogen and oxygen atoms in total. The molecule has 25 heavy (non-hydrogen) atoms. The van der Waals surface area contributed by atoms with E-state index in [1.807, 2.05) is 25.1 Å². The molecule has 2 aromatic carbocycles. The van der Waals surface area contributed by atoms with Crippen molar-refractivity contribution in [3.05, 3.63) is 48.0 Å². The molecular formula is C19H26N2O3S. The van der Waals surface area contributed by atoms with Crippen LogP contribution in [0.15, 0.2) is 47.4 Å². The van der Waals surface area contributed by atoms with Gasteiger partial charge in [-0.3, -0.25) is 4.72 Å². The molecule has 0 atom stereocenters. The van der Waals surface area contributed by atoms with Gasteiger partial charge >= 0.3 is 0 Å². The van der Waals surface area contributed by atoms with Crippen LogP contribution in [0, 0.1) is 6.92 Å². The second-order valence-electron chi connectivity index (χ2n) is 5.97. The number of hydrogen-bond acceptors (Lipinski definition) is 4. The van der Waals surface area contributed by atoms with Gasteiger partial charge in [0, 0.05) is 17.9 Å². The Kier molecular flexibility index (Phi) is 6.70. The highest BCUT2D eigenvalue weighted by Crippen LogP contribution is 2.27. The second-order valence-corrected chi connectivity index (χ2v) is 7.62. The number of ether oxygens (including phenoxy) is 1. The van der Waals surface area contributed by atoms with Crippen LogP contribution in [-0.2, 0) is 10.0 Å². The highest BCUT2D eigenvalue weighted by Gasteiger charge is 2.19. The second kappa shape index (κ2) is 8.76. The highest BCUT2D eigenvalue weighted by atomic mass is 32.2.